The van der Waals surface area contributed by atoms with Crippen molar-refractivity contribution in [3.63, 3.8) is 0 Å². The molecule has 0 aliphatic carbocycles. The minimum absolute atomic E-state index is 0.388. The molecule has 0 bridgehead atoms. The van der Waals surface area contributed by atoms with Gasteiger partial charge in [-0.25, -0.2) is 8.42 Å². The number of nitrogens with zero attached hydrogens (tertiary/aromatic N) is 4. The second-order valence-electron chi connectivity index (χ2n) is 5.39. The van der Waals surface area contributed by atoms with Crippen LogP contribution in [0.3, 0.4) is 0 Å². The number of hydrogen-bond acceptors (Lipinski definition) is 5. The van der Waals surface area contributed by atoms with Crippen LogP contribution < -0.4 is 0 Å². The van der Waals surface area contributed by atoms with Crippen molar-refractivity contribution in [2.24, 2.45) is 0 Å². The summed E-state index contributed by atoms with van der Waals surface area (Å²) in [5.74, 6) is -0.399. The number of ketones is 1. The highest BCUT2D eigenvalue weighted by molar-refractivity contribution is 7.88. The lowest BCUT2D eigenvalue weighted by Crippen LogP contribution is -2.40. The Bertz CT molecular complexity index is 950. The molecule has 0 radical (unpaired) electrons. The Balaban J connectivity index is 2.13. The molecule has 0 fully saturated rings. The van der Waals surface area contributed by atoms with E-state index in [1.807, 2.05) is 0 Å². The Kier molecular flexibility index (Phi) is 4.16. The number of Topliss-reactive ketones (excluding diaryl/α,β-unsaturated/α-hetero) is 1. The molecule has 1 heterocycles. The average Bonchev–Trinajstić information content (AvgIpc) is 2.98. The molecular weight excluding hydrogens is 328 g/mol. The molecule has 0 amide bonds. The van der Waals surface area contributed by atoms with Crippen molar-refractivity contribution in [1.29, 1.82) is 0 Å². The fourth-order valence-corrected chi connectivity index (χ4v) is 2.88. The zero-order valence-corrected chi connectivity index (χ0v) is 14.0. The molecule has 0 saturated heterocycles. The lowest BCUT2D eigenvalue weighted by atomic mass is 10.1. The largest absolute Gasteiger partial charge is 0.290 e. The Morgan fingerprint density at radius 2 is 1.50 bits per heavy atom. The van der Waals surface area contributed by atoms with Crippen LogP contribution in [0.1, 0.15) is 16.5 Å². The molecule has 0 aliphatic rings. The number of benzene rings is 2. The molecular formula is C16H16N4O3S. The molecule has 7 nitrogen and oxygen atoms in total. The average molecular weight is 344 g/mol. The zero-order chi connectivity index (χ0) is 17.3. The van der Waals surface area contributed by atoms with Crippen LogP contribution >= 0.6 is 0 Å². The molecule has 0 aliphatic heterocycles. The SMILES string of the molecule is CN(C(C(=O)c1ccccc1)n1nc2ccccc2n1)S(C)(=O)=O. The van der Waals surface area contributed by atoms with Gasteiger partial charge < -0.3 is 0 Å². The first-order chi connectivity index (χ1) is 11.4. The van der Waals surface area contributed by atoms with Crippen LogP contribution in [-0.4, -0.2) is 46.8 Å². The smallest absolute Gasteiger partial charge is 0.213 e. The standard InChI is InChI=1S/C16H16N4O3S/c1-19(24(2,22)23)16(15(21)12-8-4-3-5-9-12)20-17-13-10-6-7-11-14(13)18-20/h3-11,16H,1-2H3. The normalized spacial score (nSPS) is 13.3. The number of sulfonamides is 1. The van der Waals surface area contributed by atoms with Gasteiger partial charge in [0.1, 0.15) is 11.0 Å². The van der Waals surface area contributed by atoms with Crippen molar-refractivity contribution < 1.29 is 13.2 Å². The second-order valence-corrected chi connectivity index (χ2v) is 7.43. The minimum Gasteiger partial charge on any atom is -0.290 e. The van der Waals surface area contributed by atoms with Crippen molar-refractivity contribution in [2.45, 2.75) is 6.17 Å². The van der Waals surface area contributed by atoms with Crippen molar-refractivity contribution in [2.75, 3.05) is 13.3 Å². The number of rotatable bonds is 5. The Hall–Kier alpha value is -2.58. The summed E-state index contributed by atoms with van der Waals surface area (Å²) < 4.78 is 25.0. The van der Waals surface area contributed by atoms with Crippen LogP contribution in [-0.2, 0) is 10.0 Å². The van der Waals surface area contributed by atoms with E-state index in [9.17, 15) is 13.2 Å². The van der Waals surface area contributed by atoms with E-state index in [1.54, 1.807) is 54.6 Å². The van der Waals surface area contributed by atoms with E-state index in [0.717, 1.165) is 15.4 Å². The highest BCUT2D eigenvalue weighted by Crippen LogP contribution is 2.21. The maximum absolute atomic E-state index is 12.9. The predicted octanol–water partition coefficient (Wildman–Crippen LogP) is 1.70. The molecule has 24 heavy (non-hydrogen) atoms. The van der Waals surface area contributed by atoms with Crippen LogP contribution in [0.25, 0.3) is 11.0 Å². The minimum atomic E-state index is -3.63. The van der Waals surface area contributed by atoms with Crippen LogP contribution in [0.4, 0.5) is 0 Å². The third kappa shape index (κ3) is 3.06. The first-order valence-corrected chi connectivity index (χ1v) is 9.06. The quantitative estimate of drug-likeness (QED) is 0.658. The molecule has 3 rings (SSSR count). The number of fused-ring (bicyclic) bond motifs is 1. The lowest BCUT2D eigenvalue weighted by molar-refractivity contribution is 0.0816. The van der Waals surface area contributed by atoms with Gasteiger partial charge in [0.25, 0.3) is 0 Å². The number of likely N-dealkylation sites (N-methyl/N-ethyl adjacent to an activating group) is 1. The fraction of sp³-hybridized carbons (Fsp3) is 0.188. The first kappa shape index (κ1) is 16.3. The van der Waals surface area contributed by atoms with Crippen molar-refractivity contribution >= 4 is 26.8 Å². The van der Waals surface area contributed by atoms with Crippen molar-refractivity contribution in [1.82, 2.24) is 19.3 Å². The Morgan fingerprint density at radius 3 is 2.00 bits per heavy atom. The maximum atomic E-state index is 12.9. The summed E-state index contributed by atoms with van der Waals surface area (Å²) in [5.41, 5.74) is 1.56. The van der Waals surface area contributed by atoms with Gasteiger partial charge in [0.2, 0.25) is 15.8 Å². The molecule has 1 aromatic heterocycles. The topological polar surface area (TPSA) is 85.2 Å². The summed E-state index contributed by atoms with van der Waals surface area (Å²) in [4.78, 5) is 14.1. The van der Waals surface area contributed by atoms with E-state index in [4.69, 9.17) is 0 Å². The lowest BCUT2D eigenvalue weighted by Gasteiger charge is -2.24. The summed E-state index contributed by atoms with van der Waals surface area (Å²) in [6, 6.07) is 15.6. The molecule has 3 aromatic rings. The van der Waals surface area contributed by atoms with Gasteiger partial charge in [-0.1, -0.05) is 42.5 Å². The zero-order valence-electron chi connectivity index (χ0n) is 13.2. The maximum Gasteiger partial charge on any atom is 0.213 e. The van der Waals surface area contributed by atoms with Crippen LogP contribution in [0, 0.1) is 0 Å². The van der Waals surface area contributed by atoms with Gasteiger partial charge >= 0.3 is 0 Å². The Labute approximate surface area is 139 Å². The van der Waals surface area contributed by atoms with E-state index in [-0.39, 0.29) is 0 Å². The van der Waals surface area contributed by atoms with E-state index in [0.29, 0.717) is 16.6 Å². The number of hydrogen-bond donors (Lipinski definition) is 0. The Morgan fingerprint density at radius 1 is 1.00 bits per heavy atom. The second kappa shape index (κ2) is 6.14. The molecule has 0 spiro atoms. The summed E-state index contributed by atoms with van der Waals surface area (Å²) >= 11 is 0. The molecule has 0 saturated carbocycles. The molecule has 1 atom stereocenters. The molecule has 124 valence electrons. The summed E-state index contributed by atoms with van der Waals surface area (Å²) in [5, 5.41) is 8.55. The van der Waals surface area contributed by atoms with Crippen LogP contribution in [0.2, 0.25) is 0 Å². The monoisotopic (exact) mass is 344 g/mol. The van der Waals surface area contributed by atoms with Gasteiger partial charge in [-0.2, -0.15) is 19.3 Å². The predicted molar refractivity (Wildman–Crippen MR) is 89.9 cm³/mol. The summed E-state index contributed by atoms with van der Waals surface area (Å²) in [6.07, 6.45) is -0.142. The number of carbonyl (C=O) groups is 1. The third-order valence-corrected chi connectivity index (χ3v) is 4.93. The van der Waals surface area contributed by atoms with E-state index < -0.39 is 22.0 Å². The fourth-order valence-electron chi connectivity index (χ4n) is 2.33. The molecule has 1 unspecified atom stereocenters. The van der Waals surface area contributed by atoms with E-state index >= 15 is 0 Å². The van der Waals surface area contributed by atoms with E-state index in [1.165, 1.54) is 7.05 Å². The van der Waals surface area contributed by atoms with Crippen LogP contribution in [0.5, 0.6) is 0 Å². The molecule has 0 N–H and O–H groups in total. The van der Waals surface area contributed by atoms with Gasteiger partial charge in [0.05, 0.1) is 6.26 Å². The van der Waals surface area contributed by atoms with Gasteiger partial charge in [0, 0.05) is 12.6 Å². The number of aromatic nitrogens is 3. The number of carbonyl (C=O) groups excluding carboxylic acids is 1. The van der Waals surface area contributed by atoms with Gasteiger partial charge in [0.15, 0.2) is 6.17 Å². The van der Waals surface area contributed by atoms with E-state index in [2.05, 4.69) is 10.2 Å². The molecule has 2 aromatic carbocycles. The first-order valence-electron chi connectivity index (χ1n) is 7.22. The highest BCUT2D eigenvalue weighted by atomic mass is 32.2. The molecule has 8 heteroatoms. The highest BCUT2D eigenvalue weighted by Gasteiger charge is 2.33. The van der Waals surface area contributed by atoms with Crippen LogP contribution in [0.15, 0.2) is 54.6 Å². The summed E-state index contributed by atoms with van der Waals surface area (Å²) in [6.45, 7) is 0. The third-order valence-electron chi connectivity index (χ3n) is 3.68. The van der Waals surface area contributed by atoms with Crippen molar-refractivity contribution in [3.8, 4) is 0 Å². The van der Waals surface area contributed by atoms with Crippen molar-refractivity contribution in [3.05, 3.63) is 60.2 Å². The van der Waals surface area contributed by atoms with Gasteiger partial charge in [-0.15, -0.1) is 0 Å². The van der Waals surface area contributed by atoms with Gasteiger partial charge in [-0.05, 0) is 12.1 Å². The van der Waals surface area contributed by atoms with Gasteiger partial charge in [-0.3, -0.25) is 4.79 Å². The summed E-state index contributed by atoms with van der Waals surface area (Å²) in [7, 11) is -2.29.